The van der Waals surface area contributed by atoms with Crippen molar-refractivity contribution in [3.05, 3.63) is 109 Å². The number of pyridine rings is 4. The molecule has 0 aliphatic heterocycles. The highest BCUT2D eigenvalue weighted by Gasteiger charge is 2.16. The summed E-state index contributed by atoms with van der Waals surface area (Å²) in [4.78, 5) is 33.9. The van der Waals surface area contributed by atoms with E-state index in [1.807, 2.05) is 66.9 Å². The first-order valence-electron chi connectivity index (χ1n) is 12.7. The van der Waals surface area contributed by atoms with E-state index in [2.05, 4.69) is 46.5 Å². The van der Waals surface area contributed by atoms with Crippen LogP contribution < -0.4 is 5.32 Å². The Hall–Kier alpha value is -5.70. The van der Waals surface area contributed by atoms with E-state index in [1.54, 1.807) is 31.0 Å². The molecular weight excluding hydrogens is 500 g/mol. The molecule has 9 heteroatoms. The number of nitrogens with one attached hydrogen (secondary N) is 3. The number of hydrogen-bond acceptors (Lipinski definition) is 6. The van der Waals surface area contributed by atoms with Gasteiger partial charge in [0.25, 0.3) is 0 Å². The summed E-state index contributed by atoms with van der Waals surface area (Å²) in [5.41, 5.74) is 8.23. The molecule has 3 N–H and O–H groups in total. The number of carbonyl (C=O) groups excluding carboxylic acids is 1. The van der Waals surface area contributed by atoms with Gasteiger partial charge in [-0.05, 0) is 35.9 Å². The van der Waals surface area contributed by atoms with Crippen molar-refractivity contribution in [2.24, 2.45) is 0 Å². The number of aromatic amines is 2. The van der Waals surface area contributed by atoms with Crippen molar-refractivity contribution in [2.75, 3.05) is 5.32 Å². The number of carbonyl (C=O) groups is 1. The Kier molecular flexibility index (Phi) is 5.78. The summed E-state index contributed by atoms with van der Waals surface area (Å²) in [6, 6.07) is 21.5. The maximum Gasteiger partial charge on any atom is 0.228 e. The molecule has 0 saturated carbocycles. The lowest BCUT2D eigenvalue weighted by Crippen LogP contribution is -2.14. The fraction of sp³-hybridized carbons (Fsp3) is 0.0323. The number of H-pyrrole nitrogens is 2. The lowest BCUT2D eigenvalue weighted by atomic mass is 10.1. The zero-order chi connectivity index (χ0) is 26.9. The fourth-order valence-corrected chi connectivity index (χ4v) is 4.83. The van der Waals surface area contributed by atoms with Crippen LogP contribution in [0.25, 0.3) is 55.7 Å². The topological polar surface area (TPSA) is 125 Å². The van der Waals surface area contributed by atoms with E-state index in [-0.39, 0.29) is 5.91 Å². The molecule has 1 amide bonds. The fourth-order valence-electron chi connectivity index (χ4n) is 4.83. The van der Waals surface area contributed by atoms with E-state index in [1.165, 1.54) is 0 Å². The Balaban J connectivity index is 1.21. The SMILES string of the molecule is O=C(Cc1ccccc1)Nc1cncc(-c2cnc3n[nH]c(-c4cc5c(-c6ccccn6)cncc5[nH]4)c3c2)c1. The maximum atomic E-state index is 12.6. The van der Waals surface area contributed by atoms with Gasteiger partial charge in [0.2, 0.25) is 5.91 Å². The van der Waals surface area contributed by atoms with Crippen LogP contribution in [0.15, 0.2) is 104 Å². The molecule has 7 aromatic rings. The van der Waals surface area contributed by atoms with Crippen molar-refractivity contribution < 1.29 is 4.79 Å². The number of rotatable bonds is 6. The summed E-state index contributed by atoms with van der Waals surface area (Å²) < 4.78 is 0. The van der Waals surface area contributed by atoms with Crippen LogP contribution in [0.4, 0.5) is 5.69 Å². The Labute approximate surface area is 228 Å². The molecule has 6 aromatic heterocycles. The standard InChI is InChI=1S/C31H22N8O/c40-29(10-19-6-2-1-3-7-19)36-22-11-20(14-32-16-22)21-12-24-30(38-39-31(24)35-15-21)27-13-23-25(17-33-18-28(23)37-27)26-8-4-5-9-34-26/h1-9,11-18,37H,10H2,(H,36,40)(H,35,38,39). The van der Waals surface area contributed by atoms with Crippen LogP contribution in [0.5, 0.6) is 0 Å². The summed E-state index contributed by atoms with van der Waals surface area (Å²) in [6.07, 6.45) is 10.8. The van der Waals surface area contributed by atoms with Crippen LogP contribution in [0.1, 0.15) is 5.56 Å². The summed E-state index contributed by atoms with van der Waals surface area (Å²) in [5.74, 6) is -0.103. The van der Waals surface area contributed by atoms with Crippen LogP contribution in [0, 0.1) is 0 Å². The van der Waals surface area contributed by atoms with Crippen LogP contribution in [-0.2, 0) is 11.2 Å². The minimum Gasteiger partial charge on any atom is -0.352 e. The van der Waals surface area contributed by atoms with Gasteiger partial charge in [0.15, 0.2) is 5.65 Å². The zero-order valence-corrected chi connectivity index (χ0v) is 21.2. The minimum absolute atomic E-state index is 0.103. The van der Waals surface area contributed by atoms with Crippen LogP contribution in [-0.4, -0.2) is 41.0 Å². The molecule has 0 radical (unpaired) electrons. The van der Waals surface area contributed by atoms with Crippen LogP contribution in [0.3, 0.4) is 0 Å². The second-order valence-electron chi connectivity index (χ2n) is 9.41. The van der Waals surface area contributed by atoms with E-state index < -0.39 is 0 Å². The van der Waals surface area contributed by atoms with E-state index in [4.69, 9.17) is 0 Å². The molecule has 0 atom stereocenters. The molecule has 40 heavy (non-hydrogen) atoms. The smallest absolute Gasteiger partial charge is 0.228 e. The highest BCUT2D eigenvalue weighted by atomic mass is 16.1. The highest BCUT2D eigenvalue weighted by Crippen LogP contribution is 2.34. The first-order chi connectivity index (χ1) is 19.7. The Morgan fingerprint density at radius 1 is 0.800 bits per heavy atom. The first kappa shape index (κ1) is 23.4. The molecule has 0 aliphatic carbocycles. The van der Waals surface area contributed by atoms with Gasteiger partial charge in [0.1, 0.15) is 0 Å². The number of hydrogen-bond donors (Lipinski definition) is 3. The van der Waals surface area contributed by atoms with Gasteiger partial charge in [-0.15, -0.1) is 0 Å². The van der Waals surface area contributed by atoms with Crippen molar-refractivity contribution in [2.45, 2.75) is 6.42 Å². The van der Waals surface area contributed by atoms with E-state index in [0.717, 1.165) is 55.6 Å². The molecule has 0 saturated heterocycles. The van der Waals surface area contributed by atoms with Gasteiger partial charge in [-0.3, -0.25) is 24.8 Å². The first-order valence-corrected chi connectivity index (χ1v) is 12.7. The number of anilines is 1. The molecule has 1 aromatic carbocycles. The number of amides is 1. The van der Waals surface area contributed by atoms with Crippen molar-refractivity contribution in [3.8, 4) is 33.8 Å². The predicted molar refractivity (Wildman–Crippen MR) is 154 cm³/mol. The molecule has 192 valence electrons. The number of benzene rings is 1. The number of fused-ring (bicyclic) bond motifs is 2. The largest absolute Gasteiger partial charge is 0.352 e. The number of nitrogens with zero attached hydrogens (tertiary/aromatic N) is 5. The summed E-state index contributed by atoms with van der Waals surface area (Å²) >= 11 is 0. The average Bonchev–Trinajstić information content (AvgIpc) is 3.62. The average molecular weight is 523 g/mol. The van der Waals surface area contributed by atoms with Crippen molar-refractivity contribution in [1.82, 2.24) is 35.1 Å². The second-order valence-corrected chi connectivity index (χ2v) is 9.41. The van der Waals surface area contributed by atoms with Gasteiger partial charge >= 0.3 is 0 Å². The molecule has 0 fully saturated rings. The van der Waals surface area contributed by atoms with Gasteiger partial charge in [-0.1, -0.05) is 36.4 Å². The molecular formula is C31H22N8O. The molecule has 0 unspecified atom stereocenters. The van der Waals surface area contributed by atoms with Crippen LogP contribution in [0.2, 0.25) is 0 Å². The van der Waals surface area contributed by atoms with Gasteiger partial charge < -0.3 is 10.3 Å². The van der Waals surface area contributed by atoms with Gasteiger partial charge in [0, 0.05) is 52.3 Å². The quantitative estimate of drug-likeness (QED) is 0.253. The Bertz CT molecular complexity index is 1980. The molecule has 7 rings (SSSR count). The van der Waals surface area contributed by atoms with Crippen molar-refractivity contribution >= 4 is 33.5 Å². The molecule has 9 nitrogen and oxygen atoms in total. The maximum absolute atomic E-state index is 12.6. The molecule has 0 bridgehead atoms. The monoisotopic (exact) mass is 522 g/mol. The van der Waals surface area contributed by atoms with Gasteiger partial charge in [-0.25, -0.2) is 4.98 Å². The Morgan fingerprint density at radius 3 is 2.52 bits per heavy atom. The van der Waals surface area contributed by atoms with Gasteiger partial charge in [-0.2, -0.15) is 5.10 Å². The molecule has 6 heterocycles. The lowest BCUT2D eigenvalue weighted by Gasteiger charge is -2.07. The zero-order valence-electron chi connectivity index (χ0n) is 21.2. The van der Waals surface area contributed by atoms with E-state index in [0.29, 0.717) is 17.8 Å². The number of aromatic nitrogens is 7. The highest BCUT2D eigenvalue weighted by molar-refractivity contribution is 6.00. The van der Waals surface area contributed by atoms with Crippen molar-refractivity contribution in [1.29, 1.82) is 0 Å². The summed E-state index contributed by atoms with van der Waals surface area (Å²) in [6.45, 7) is 0. The van der Waals surface area contributed by atoms with E-state index >= 15 is 0 Å². The summed E-state index contributed by atoms with van der Waals surface area (Å²) in [5, 5.41) is 12.4. The summed E-state index contributed by atoms with van der Waals surface area (Å²) in [7, 11) is 0. The van der Waals surface area contributed by atoms with Gasteiger partial charge in [0.05, 0.1) is 47.1 Å². The Morgan fingerprint density at radius 2 is 1.65 bits per heavy atom. The lowest BCUT2D eigenvalue weighted by molar-refractivity contribution is -0.115. The predicted octanol–water partition coefficient (Wildman–Crippen LogP) is 5.81. The van der Waals surface area contributed by atoms with Crippen LogP contribution >= 0.6 is 0 Å². The normalized spacial score (nSPS) is 11.2. The third-order valence-electron chi connectivity index (χ3n) is 6.73. The molecule has 0 aliphatic rings. The minimum atomic E-state index is -0.103. The second kappa shape index (κ2) is 9.88. The third-order valence-corrected chi connectivity index (χ3v) is 6.73. The molecule has 0 spiro atoms. The van der Waals surface area contributed by atoms with E-state index in [9.17, 15) is 4.79 Å². The third kappa shape index (κ3) is 4.45. The van der Waals surface area contributed by atoms with Crippen molar-refractivity contribution in [3.63, 3.8) is 0 Å².